The molecule has 0 spiro atoms. The predicted molar refractivity (Wildman–Crippen MR) is 136 cm³/mol. The zero-order valence-electron chi connectivity index (χ0n) is 19.6. The number of aryl methyl sites for hydroxylation is 3. The monoisotopic (exact) mass is 420 g/mol. The van der Waals surface area contributed by atoms with Crippen LogP contribution in [0, 0.1) is 26.7 Å². The lowest BCUT2D eigenvalue weighted by Crippen LogP contribution is -2.29. The van der Waals surface area contributed by atoms with Gasteiger partial charge >= 0.3 is 0 Å². The van der Waals surface area contributed by atoms with E-state index in [1.807, 2.05) is 0 Å². The summed E-state index contributed by atoms with van der Waals surface area (Å²) in [5.74, 6) is 0.406. The van der Waals surface area contributed by atoms with E-state index in [9.17, 15) is 0 Å². The van der Waals surface area contributed by atoms with Crippen molar-refractivity contribution in [2.45, 2.75) is 47.1 Å². The molecule has 4 rings (SSSR count). The second-order valence-corrected chi connectivity index (χ2v) is 10.6. The van der Waals surface area contributed by atoms with Crippen molar-refractivity contribution in [2.24, 2.45) is 5.92 Å². The van der Waals surface area contributed by atoms with Crippen molar-refractivity contribution in [3.63, 3.8) is 0 Å². The van der Waals surface area contributed by atoms with E-state index in [1.165, 1.54) is 55.3 Å². The molecule has 0 amide bonds. The van der Waals surface area contributed by atoms with Gasteiger partial charge in [-0.05, 0) is 74.9 Å². The van der Waals surface area contributed by atoms with Crippen molar-refractivity contribution in [1.29, 1.82) is 0 Å². The van der Waals surface area contributed by atoms with Crippen molar-refractivity contribution in [1.82, 2.24) is 0 Å². The largest absolute Gasteiger partial charge is 0.0901 e. The number of benzene rings is 3. The Labute approximate surface area is 190 Å². The molecule has 0 bridgehead atoms. The summed E-state index contributed by atoms with van der Waals surface area (Å²) in [4.78, 5) is 0. The quantitative estimate of drug-likeness (QED) is 0.385. The average Bonchev–Trinajstić information content (AvgIpc) is 2.96. The van der Waals surface area contributed by atoms with Crippen LogP contribution in [0.25, 0.3) is 5.57 Å². The minimum Gasteiger partial charge on any atom is -0.0630 e. The third kappa shape index (κ3) is 4.38. The van der Waals surface area contributed by atoms with Crippen LogP contribution in [-0.2, 0) is 0 Å². The smallest absolute Gasteiger partial charge is 0.0630 e. The van der Waals surface area contributed by atoms with E-state index >= 15 is 0 Å². The number of hydrogen-bond acceptors (Lipinski definition) is 0. The maximum absolute atomic E-state index is 2.40. The highest BCUT2D eigenvalue weighted by Gasteiger charge is 2.35. The summed E-state index contributed by atoms with van der Waals surface area (Å²) in [6.07, 6.45) is 0. The van der Waals surface area contributed by atoms with Crippen LogP contribution in [0.3, 0.4) is 0 Å². The molecule has 1 aliphatic carbocycles. The van der Waals surface area contributed by atoms with E-state index < -0.39 is 0 Å². The molecule has 0 heterocycles. The molecule has 3 aromatic rings. The molecule has 0 aromatic heterocycles. The molecule has 2 unspecified atom stereocenters. The normalized spacial score (nSPS) is 17.4. The van der Waals surface area contributed by atoms with Gasteiger partial charge in [0.05, 0.1) is 9.52 Å². The molecule has 0 N–H and O–H groups in total. The summed E-state index contributed by atoms with van der Waals surface area (Å²) in [5, 5.41) is 1.46. The van der Waals surface area contributed by atoms with E-state index in [1.54, 1.807) is 0 Å². The third-order valence-corrected chi connectivity index (χ3v) is 8.30. The minimum absolute atomic E-state index is 0.406. The maximum Gasteiger partial charge on any atom is 0.0901 e. The molecule has 0 fully saturated rings. The molecule has 2 radical (unpaired) electrons. The fraction of sp³-hybridized carbons (Fsp3) is 0.267. The predicted octanol–water partition coefficient (Wildman–Crippen LogP) is 7.12. The first-order valence-corrected chi connectivity index (χ1v) is 12.3. The summed E-state index contributed by atoms with van der Waals surface area (Å²) in [6.45, 7) is 13.6. The molecule has 156 valence electrons. The van der Waals surface area contributed by atoms with E-state index in [0.717, 1.165) is 9.52 Å². The Morgan fingerprint density at radius 2 is 1.32 bits per heavy atom. The summed E-state index contributed by atoms with van der Waals surface area (Å²) >= 11 is 0. The molecule has 1 aliphatic rings. The topological polar surface area (TPSA) is 0 Å². The van der Waals surface area contributed by atoms with E-state index in [-0.39, 0.29) is 0 Å². The molecular formula is C30H32Si. The SMILES string of the molecule is CC1=C(C)C(C([Si]c2cc(C)cc(C)c2)c2cccc(C)c2)C(c2ccccc2)=C1C. The highest BCUT2D eigenvalue weighted by atomic mass is 28.2. The van der Waals surface area contributed by atoms with Crippen LogP contribution in [0.5, 0.6) is 0 Å². The molecule has 0 saturated carbocycles. The standard InChI is InChI=1S/C30H32Si/c1-19-11-10-14-26(16-19)30(31-27-17-20(2)15-21(3)18-27)29-24(6)22(4)23(5)28(29)25-12-8-7-9-13-25/h7-18,29-30H,1-6H3. The van der Waals surface area contributed by atoms with E-state index in [0.29, 0.717) is 11.5 Å². The van der Waals surface area contributed by atoms with Gasteiger partial charge in [-0.2, -0.15) is 0 Å². The second-order valence-electron chi connectivity index (χ2n) is 9.10. The lowest BCUT2D eigenvalue weighted by Gasteiger charge is -2.29. The van der Waals surface area contributed by atoms with Gasteiger partial charge in [-0.15, -0.1) is 0 Å². The fourth-order valence-electron chi connectivity index (χ4n) is 5.07. The van der Waals surface area contributed by atoms with Crippen molar-refractivity contribution >= 4 is 20.3 Å². The zero-order valence-corrected chi connectivity index (χ0v) is 20.6. The van der Waals surface area contributed by atoms with Gasteiger partial charge in [0.1, 0.15) is 0 Å². The number of hydrogen-bond donors (Lipinski definition) is 0. The van der Waals surface area contributed by atoms with Crippen molar-refractivity contribution < 1.29 is 0 Å². The van der Waals surface area contributed by atoms with Gasteiger partial charge in [0.2, 0.25) is 0 Å². The van der Waals surface area contributed by atoms with Crippen LogP contribution >= 0.6 is 0 Å². The number of allylic oxidation sites excluding steroid dienone is 4. The molecule has 31 heavy (non-hydrogen) atoms. The number of rotatable bonds is 5. The molecular weight excluding hydrogens is 388 g/mol. The first kappa shape index (κ1) is 21.6. The Morgan fingerprint density at radius 3 is 1.97 bits per heavy atom. The highest BCUT2D eigenvalue weighted by Crippen LogP contribution is 2.48. The fourth-order valence-corrected chi connectivity index (χ4v) is 6.98. The summed E-state index contributed by atoms with van der Waals surface area (Å²) in [5.41, 5.74) is 13.3. The van der Waals surface area contributed by atoms with Crippen molar-refractivity contribution in [2.75, 3.05) is 0 Å². The van der Waals surface area contributed by atoms with Crippen LogP contribution in [0.1, 0.15) is 54.1 Å². The maximum atomic E-state index is 2.40. The van der Waals surface area contributed by atoms with E-state index in [2.05, 4.69) is 114 Å². The van der Waals surface area contributed by atoms with Crippen LogP contribution < -0.4 is 5.19 Å². The molecule has 0 saturated heterocycles. The van der Waals surface area contributed by atoms with Gasteiger partial charge in [-0.3, -0.25) is 0 Å². The first-order chi connectivity index (χ1) is 14.8. The second kappa shape index (κ2) is 8.84. The van der Waals surface area contributed by atoms with Crippen LogP contribution in [0.15, 0.2) is 89.5 Å². The van der Waals surface area contributed by atoms with Crippen molar-refractivity contribution in [3.05, 3.63) is 117 Å². The highest BCUT2D eigenvalue weighted by molar-refractivity contribution is 6.55. The molecule has 3 aromatic carbocycles. The lowest BCUT2D eigenvalue weighted by molar-refractivity contribution is 0.744. The summed E-state index contributed by atoms with van der Waals surface area (Å²) in [6, 6.07) is 27.2. The Kier molecular flexibility index (Phi) is 6.16. The van der Waals surface area contributed by atoms with Gasteiger partial charge in [0.15, 0.2) is 0 Å². The Hall–Kier alpha value is -2.64. The summed E-state index contributed by atoms with van der Waals surface area (Å²) < 4.78 is 0. The Balaban J connectivity index is 1.87. The van der Waals surface area contributed by atoms with Gasteiger partial charge in [-0.1, -0.05) is 100 Å². The lowest BCUT2D eigenvalue weighted by atomic mass is 9.84. The van der Waals surface area contributed by atoms with Crippen molar-refractivity contribution in [3.8, 4) is 0 Å². The van der Waals surface area contributed by atoms with Gasteiger partial charge in [-0.25, -0.2) is 0 Å². The van der Waals surface area contributed by atoms with E-state index in [4.69, 9.17) is 0 Å². The third-order valence-electron chi connectivity index (χ3n) is 6.70. The Morgan fingerprint density at radius 1 is 0.645 bits per heavy atom. The molecule has 1 heteroatoms. The first-order valence-electron chi connectivity index (χ1n) is 11.2. The summed E-state index contributed by atoms with van der Waals surface area (Å²) in [7, 11) is 0.724. The average molecular weight is 421 g/mol. The molecule has 0 nitrogen and oxygen atoms in total. The Bertz CT molecular complexity index is 1140. The molecule has 0 aliphatic heterocycles. The van der Waals surface area contributed by atoms with Crippen LogP contribution in [-0.4, -0.2) is 9.52 Å². The minimum atomic E-state index is 0.406. The molecule has 2 atom stereocenters. The van der Waals surface area contributed by atoms with Gasteiger partial charge < -0.3 is 0 Å². The van der Waals surface area contributed by atoms with Gasteiger partial charge in [0.25, 0.3) is 0 Å². The van der Waals surface area contributed by atoms with Crippen LogP contribution in [0.2, 0.25) is 0 Å². The van der Waals surface area contributed by atoms with Crippen LogP contribution in [0.4, 0.5) is 0 Å². The van der Waals surface area contributed by atoms with Gasteiger partial charge in [0, 0.05) is 5.92 Å². The zero-order chi connectivity index (χ0) is 22.1.